The zero-order chi connectivity index (χ0) is 25.9. The molecule has 5 nitrogen and oxygen atoms in total. The number of hydrogen-bond acceptors (Lipinski definition) is 5. The van der Waals surface area contributed by atoms with Gasteiger partial charge in [-0.3, -0.25) is 0 Å². The van der Waals surface area contributed by atoms with Crippen LogP contribution in [0, 0.1) is 0 Å². The van der Waals surface area contributed by atoms with Crippen molar-refractivity contribution < 1.29 is 23.7 Å². The standard InChI is InChI=1S/C31H37O5P/c1-4-20-32-30-28(34-22-25-16-10-6-11-17-25)27(33-21-24-14-8-5-9-15-24)29(31(36-30)37(2)3)35-23-26-18-12-7-13-19-26/h4-19,27-31H,1,20-23H2,2-3H3/t27-,28-,29+,30+,31-/m1/s1. The van der Waals surface area contributed by atoms with E-state index in [-0.39, 0.29) is 11.9 Å². The Hall–Kier alpha value is -2.37. The van der Waals surface area contributed by atoms with E-state index in [4.69, 9.17) is 23.7 Å². The fourth-order valence-corrected chi connectivity index (χ4v) is 5.56. The molecule has 196 valence electrons. The highest BCUT2D eigenvalue weighted by atomic mass is 31.1. The summed E-state index contributed by atoms with van der Waals surface area (Å²) in [5, 5.41) is 0. The number of rotatable bonds is 13. The molecule has 0 radical (unpaired) electrons. The number of ether oxygens (including phenoxy) is 5. The summed E-state index contributed by atoms with van der Waals surface area (Å²) in [6.07, 6.45) is -0.0872. The molecule has 6 heteroatoms. The van der Waals surface area contributed by atoms with Crippen LogP contribution in [0.25, 0.3) is 0 Å². The topological polar surface area (TPSA) is 46.2 Å². The van der Waals surface area contributed by atoms with E-state index in [2.05, 4.69) is 44.2 Å². The highest BCUT2D eigenvalue weighted by Crippen LogP contribution is 2.44. The highest BCUT2D eigenvalue weighted by Gasteiger charge is 2.49. The van der Waals surface area contributed by atoms with Crippen LogP contribution in [0.4, 0.5) is 0 Å². The van der Waals surface area contributed by atoms with Crippen LogP contribution in [-0.2, 0) is 43.5 Å². The lowest BCUT2D eigenvalue weighted by atomic mass is 10.0. The predicted molar refractivity (Wildman–Crippen MR) is 149 cm³/mol. The van der Waals surface area contributed by atoms with Crippen LogP contribution in [0.1, 0.15) is 16.7 Å². The average Bonchev–Trinajstić information content (AvgIpc) is 2.94. The molecule has 0 spiro atoms. The van der Waals surface area contributed by atoms with Crippen molar-refractivity contribution in [3.63, 3.8) is 0 Å². The van der Waals surface area contributed by atoms with Gasteiger partial charge in [0.1, 0.15) is 24.2 Å². The molecule has 0 N–H and O–H groups in total. The molecule has 0 bridgehead atoms. The smallest absolute Gasteiger partial charge is 0.187 e. The van der Waals surface area contributed by atoms with E-state index in [0.717, 1.165) is 16.7 Å². The number of hydrogen-bond donors (Lipinski definition) is 0. The summed E-state index contributed by atoms with van der Waals surface area (Å²) >= 11 is 0. The fourth-order valence-electron chi connectivity index (χ4n) is 4.35. The number of benzene rings is 3. The van der Waals surface area contributed by atoms with Crippen LogP contribution in [0.5, 0.6) is 0 Å². The fraction of sp³-hybridized carbons (Fsp3) is 0.355. The van der Waals surface area contributed by atoms with Crippen molar-refractivity contribution in [3.05, 3.63) is 120 Å². The summed E-state index contributed by atoms with van der Waals surface area (Å²) in [5.41, 5.74) is 3.27. The van der Waals surface area contributed by atoms with Gasteiger partial charge in [-0.2, -0.15) is 0 Å². The summed E-state index contributed by atoms with van der Waals surface area (Å²) in [6.45, 7) is 9.88. The van der Waals surface area contributed by atoms with Crippen LogP contribution >= 0.6 is 7.92 Å². The van der Waals surface area contributed by atoms with Crippen molar-refractivity contribution >= 4 is 7.92 Å². The predicted octanol–water partition coefficient (Wildman–Crippen LogP) is 6.37. The van der Waals surface area contributed by atoms with Crippen LogP contribution in [-0.4, -0.2) is 50.4 Å². The lowest BCUT2D eigenvalue weighted by molar-refractivity contribution is -0.306. The molecule has 0 aromatic heterocycles. The first-order valence-electron chi connectivity index (χ1n) is 12.7. The molecule has 1 saturated heterocycles. The minimum Gasteiger partial charge on any atom is -0.368 e. The summed E-state index contributed by atoms with van der Waals surface area (Å²) in [7, 11) is -0.532. The maximum absolute atomic E-state index is 6.64. The van der Waals surface area contributed by atoms with Gasteiger partial charge in [0, 0.05) is 0 Å². The molecule has 3 aromatic rings. The molecule has 1 aliphatic rings. The van der Waals surface area contributed by atoms with E-state index >= 15 is 0 Å². The molecule has 0 amide bonds. The summed E-state index contributed by atoms with van der Waals surface area (Å²) in [5.74, 6) is -0.175. The van der Waals surface area contributed by atoms with Gasteiger partial charge in [-0.15, -0.1) is 6.58 Å². The van der Waals surface area contributed by atoms with Crippen molar-refractivity contribution in [1.82, 2.24) is 0 Å². The Labute approximate surface area is 222 Å². The van der Waals surface area contributed by atoms with Gasteiger partial charge in [0.15, 0.2) is 6.29 Å². The third-order valence-corrected chi connectivity index (χ3v) is 7.65. The molecular weight excluding hydrogens is 483 g/mol. The lowest BCUT2D eigenvalue weighted by Gasteiger charge is -2.47. The Morgan fingerprint density at radius 3 is 1.51 bits per heavy atom. The van der Waals surface area contributed by atoms with Gasteiger partial charge in [0.05, 0.1) is 26.4 Å². The Kier molecular flexibility index (Phi) is 10.9. The zero-order valence-electron chi connectivity index (χ0n) is 21.6. The Balaban J connectivity index is 1.62. The first-order valence-corrected chi connectivity index (χ1v) is 15.0. The minimum absolute atomic E-state index is 0.175. The van der Waals surface area contributed by atoms with Gasteiger partial charge in [-0.25, -0.2) is 0 Å². The molecule has 3 aromatic carbocycles. The van der Waals surface area contributed by atoms with E-state index < -0.39 is 26.4 Å². The van der Waals surface area contributed by atoms with Gasteiger partial charge in [-0.05, 0) is 30.0 Å². The highest BCUT2D eigenvalue weighted by molar-refractivity contribution is 7.56. The third-order valence-electron chi connectivity index (χ3n) is 6.21. The van der Waals surface area contributed by atoms with Gasteiger partial charge in [-0.1, -0.05) is 105 Å². The van der Waals surface area contributed by atoms with Crippen LogP contribution in [0.3, 0.4) is 0 Å². The zero-order valence-corrected chi connectivity index (χ0v) is 22.5. The molecule has 1 fully saturated rings. The maximum atomic E-state index is 6.64. The van der Waals surface area contributed by atoms with Crippen LogP contribution in [0.2, 0.25) is 0 Å². The van der Waals surface area contributed by atoms with Gasteiger partial charge in [0.25, 0.3) is 0 Å². The molecule has 37 heavy (non-hydrogen) atoms. The molecule has 5 atom stereocenters. The molecule has 0 unspecified atom stereocenters. The normalized spacial score (nSPS) is 23.7. The summed E-state index contributed by atoms with van der Waals surface area (Å²) in [4.78, 5) is 0. The van der Waals surface area contributed by atoms with E-state index in [0.29, 0.717) is 26.4 Å². The van der Waals surface area contributed by atoms with E-state index in [1.165, 1.54) is 0 Å². The third kappa shape index (κ3) is 8.05. The largest absolute Gasteiger partial charge is 0.368 e. The van der Waals surface area contributed by atoms with Crippen molar-refractivity contribution in [3.8, 4) is 0 Å². The minimum atomic E-state index is -0.603. The van der Waals surface area contributed by atoms with Crippen molar-refractivity contribution in [2.45, 2.75) is 50.3 Å². The quantitative estimate of drug-likeness (QED) is 0.194. The maximum Gasteiger partial charge on any atom is 0.187 e. The van der Waals surface area contributed by atoms with E-state index in [9.17, 15) is 0 Å². The first-order chi connectivity index (χ1) is 18.2. The SMILES string of the molecule is C=CCO[C@H]1O[C@H](P(C)C)[C@@H](OCc2ccccc2)[C@H](OCc2ccccc2)[C@H]1OCc1ccccc1. The Bertz CT molecular complexity index is 1050. The van der Waals surface area contributed by atoms with Gasteiger partial charge >= 0.3 is 0 Å². The van der Waals surface area contributed by atoms with Crippen LogP contribution in [0.15, 0.2) is 104 Å². The average molecular weight is 521 g/mol. The van der Waals surface area contributed by atoms with Crippen LogP contribution < -0.4 is 0 Å². The Morgan fingerprint density at radius 1 is 0.649 bits per heavy atom. The molecule has 0 aliphatic carbocycles. The van der Waals surface area contributed by atoms with Crippen molar-refractivity contribution in [2.75, 3.05) is 19.9 Å². The second-order valence-electron chi connectivity index (χ2n) is 9.26. The molecular formula is C31H37O5P. The molecule has 4 rings (SSSR count). The Morgan fingerprint density at radius 2 is 1.08 bits per heavy atom. The lowest BCUT2D eigenvalue weighted by Crippen LogP contribution is -2.60. The summed E-state index contributed by atoms with van der Waals surface area (Å²) in [6, 6.07) is 30.5. The summed E-state index contributed by atoms with van der Waals surface area (Å²) < 4.78 is 32.4. The van der Waals surface area contributed by atoms with E-state index in [1.807, 2.05) is 66.7 Å². The van der Waals surface area contributed by atoms with E-state index in [1.54, 1.807) is 6.08 Å². The van der Waals surface area contributed by atoms with Gasteiger partial charge in [0.2, 0.25) is 0 Å². The van der Waals surface area contributed by atoms with Crippen molar-refractivity contribution in [2.24, 2.45) is 0 Å². The second-order valence-corrected chi connectivity index (χ2v) is 11.7. The first kappa shape index (κ1) is 27.7. The molecule has 0 saturated carbocycles. The van der Waals surface area contributed by atoms with Crippen molar-refractivity contribution in [1.29, 1.82) is 0 Å². The monoisotopic (exact) mass is 520 g/mol. The molecule has 1 heterocycles. The molecule has 1 aliphatic heterocycles. The van der Waals surface area contributed by atoms with Gasteiger partial charge < -0.3 is 23.7 Å². The second kappa shape index (κ2) is 14.5.